The lowest BCUT2D eigenvalue weighted by Crippen LogP contribution is -2.40. The van der Waals surface area contributed by atoms with Crippen molar-refractivity contribution in [3.8, 4) is 5.69 Å². The molecule has 21 heavy (non-hydrogen) atoms. The highest BCUT2D eigenvalue weighted by Gasteiger charge is 2.18. The monoisotopic (exact) mass is 282 g/mol. The van der Waals surface area contributed by atoms with E-state index in [-0.39, 0.29) is 5.69 Å². The van der Waals surface area contributed by atoms with Gasteiger partial charge in [-0.1, -0.05) is 12.1 Å². The van der Waals surface area contributed by atoms with Crippen molar-refractivity contribution in [2.75, 3.05) is 18.5 Å². The van der Waals surface area contributed by atoms with Gasteiger partial charge in [0.05, 0.1) is 42.2 Å². The van der Waals surface area contributed by atoms with E-state index in [2.05, 4.69) is 15.3 Å². The van der Waals surface area contributed by atoms with Crippen LogP contribution < -0.4 is 11.0 Å². The minimum atomic E-state index is -0.161. The van der Waals surface area contributed by atoms with Crippen molar-refractivity contribution < 1.29 is 4.74 Å². The van der Waals surface area contributed by atoms with Crippen molar-refractivity contribution in [3.63, 3.8) is 0 Å². The number of aromatic amines is 1. The lowest BCUT2D eigenvalue weighted by Gasteiger charge is -2.27. The Morgan fingerprint density at radius 2 is 2.10 bits per heavy atom. The van der Waals surface area contributed by atoms with Gasteiger partial charge in [-0.2, -0.15) is 0 Å². The minimum Gasteiger partial charge on any atom is -0.377 e. The van der Waals surface area contributed by atoms with E-state index >= 15 is 0 Å². The summed E-state index contributed by atoms with van der Waals surface area (Å²) in [6, 6.07) is 11.7. The van der Waals surface area contributed by atoms with Crippen LogP contribution >= 0.6 is 0 Å². The van der Waals surface area contributed by atoms with E-state index in [9.17, 15) is 4.79 Å². The lowest BCUT2D eigenvalue weighted by molar-refractivity contribution is 0.0209. The number of ether oxygens (including phenoxy) is 1. The van der Waals surface area contributed by atoms with Crippen LogP contribution in [0.3, 0.4) is 0 Å². The van der Waals surface area contributed by atoms with Crippen molar-refractivity contribution in [1.29, 1.82) is 0 Å². The SMILES string of the molecule is O=c1[nH]c2ccccc2n1-c1ccc(NC2COC2)nc1. The quantitative estimate of drug-likeness (QED) is 0.764. The molecule has 3 heterocycles. The summed E-state index contributed by atoms with van der Waals surface area (Å²) in [5.41, 5.74) is 2.24. The van der Waals surface area contributed by atoms with Gasteiger partial charge in [0, 0.05) is 0 Å². The molecule has 1 aliphatic rings. The molecule has 1 saturated heterocycles. The van der Waals surface area contributed by atoms with E-state index in [1.165, 1.54) is 0 Å². The minimum absolute atomic E-state index is 0.161. The molecule has 2 aromatic heterocycles. The average molecular weight is 282 g/mol. The molecule has 0 spiro atoms. The van der Waals surface area contributed by atoms with Gasteiger partial charge in [-0.15, -0.1) is 0 Å². The Hall–Kier alpha value is -2.60. The van der Waals surface area contributed by atoms with Gasteiger partial charge in [0.2, 0.25) is 0 Å². The van der Waals surface area contributed by atoms with Crippen LogP contribution in [0.5, 0.6) is 0 Å². The van der Waals surface area contributed by atoms with E-state index in [0.29, 0.717) is 19.3 Å². The van der Waals surface area contributed by atoms with Gasteiger partial charge in [0.25, 0.3) is 0 Å². The summed E-state index contributed by atoms with van der Waals surface area (Å²) in [6.07, 6.45) is 1.70. The lowest BCUT2D eigenvalue weighted by atomic mass is 10.2. The second-order valence-electron chi connectivity index (χ2n) is 5.06. The predicted octanol–water partition coefficient (Wildman–Crippen LogP) is 1.52. The maximum Gasteiger partial charge on any atom is 0.331 e. The van der Waals surface area contributed by atoms with Gasteiger partial charge in [0.1, 0.15) is 5.82 Å². The molecular formula is C15H14N4O2. The van der Waals surface area contributed by atoms with Crippen LogP contribution in [0, 0.1) is 0 Å². The molecule has 0 aliphatic carbocycles. The molecule has 0 atom stereocenters. The molecule has 0 bridgehead atoms. The predicted molar refractivity (Wildman–Crippen MR) is 79.9 cm³/mol. The average Bonchev–Trinajstić information content (AvgIpc) is 2.79. The summed E-state index contributed by atoms with van der Waals surface area (Å²) in [6.45, 7) is 1.43. The number of para-hydroxylation sites is 2. The molecule has 0 amide bonds. The van der Waals surface area contributed by atoms with Gasteiger partial charge >= 0.3 is 5.69 Å². The topological polar surface area (TPSA) is 71.9 Å². The number of aromatic nitrogens is 3. The van der Waals surface area contributed by atoms with E-state index < -0.39 is 0 Å². The summed E-state index contributed by atoms with van der Waals surface area (Å²) in [5.74, 6) is 0.792. The van der Waals surface area contributed by atoms with Crippen molar-refractivity contribution in [3.05, 3.63) is 53.1 Å². The van der Waals surface area contributed by atoms with E-state index in [4.69, 9.17) is 4.74 Å². The summed E-state index contributed by atoms with van der Waals surface area (Å²) in [7, 11) is 0. The summed E-state index contributed by atoms with van der Waals surface area (Å²) in [4.78, 5) is 19.3. The number of nitrogens with one attached hydrogen (secondary N) is 2. The zero-order valence-electron chi connectivity index (χ0n) is 11.2. The highest BCUT2D eigenvalue weighted by molar-refractivity contribution is 5.77. The number of nitrogens with zero attached hydrogens (tertiary/aromatic N) is 2. The fraction of sp³-hybridized carbons (Fsp3) is 0.200. The van der Waals surface area contributed by atoms with Crippen LogP contribution in [-0.2, 0) is 4.74 Å². The van der Waals surface area contributed by atoms with Crippen LogP contribution in [-0.4, -0.2) is 33.8 Å². The molecule has 6 nitrogen and oxygen atoms in total. The molecular weight excluding hydrogens is 268 g/mol. The molecule has 0 radical (unpaired) electrons. The van der Waals surface area contributed by atoms with E-state index in [0.717, 1.165) is 22.5 Å². The molecule has 6 heteroatoms. The number of hydrogen-bond donors (Lipinski definition) is 2. The molecule has 2 N–H and O–H groups in total. The fourth-order valence-corrected chi connectivity index (χ4v) is 2.44. The third kappa shape index (κ3) is 2.09. The smallest absolute Gasteiger partial charge is 0.331 e. The molecule has 1 fully saturated rings. The molecule has 106 valence electrons. The Kier molecular flexibility index (Phi) is 2.75. The van der Waals surface area contributed by atoms with Gasteiger partial charge < -0.3 is 15.0 Å². The first-order valence-corrected chi connectivity index (χ1v) is 6.82. The Morgan fingerprint density at radius 3 is 2.81 bits per heavy atom. The van der Waals surface area contributed by atoms with Crippen LogP contribution in [0.15, 0.2) is 47.4 Å². The molecule has 3 aromatic rings. The van der Waals surface area contributed by atoms with Crippen molar-refractivity contribution in [2.45, 2.75) is 6.04 Å². The fourth-order valence-electron chi connectivity index (χ4n) is 2.44. The maximum atomic E-state index is 12.1. The number of benzene rings is 1. The number of anilines is 1. The third-order valence-corrected chi connectivity index (χ3v) is 3.59. The van der Waals surface area contributed by atoms with Crippen molar-refractivity contribution in [1.82, 2.24) is 14.5 Å². The number of rotatable bonds is 3. The molecule has 4 rings (SSSR count). The zero-order valence-corrected chi connectivity index (χ0v) is 11.2. The maximum absolute atomic E-state index is 12.1. The van der Waals surface area contributed by atoms with Crippen LogP contribution in [0.1, 0.15) is 0 Å². The Balaban J connectivity index is 1.71. The normalized spacial score (nSPS) is 15.0. The number of imidazole rings is 1. The highest BCUT2D eigenvalue weighted by atomic mass is 16.5. The number of hydrogen-bond acceptors (Lipinski definition) is 4. The Morgan fingerprint density at radius 1 is 1.24 bits per heavy atom. The van der Waals surface area contributed by atoms with Gasteiger partial charge in [-0.05, 0) is 24.3 Å². The van der Waals surface area contributed by atoms with Crippen LogP contribution in [0.2, 0.25) is 0 Å². The first-order chi connectivity index (χ1) is 10.3. The van der Waals surface area contributed by atoms with E-state index in [1.807, 2.05) is 36.4 Å². The Bertz CT molecular complexity index is 831. The summed E-state index contributed by atoms with van der Waals surface area (Å²) >= 11 is 0. The zero-order chi connectivity index (χ0) is 14.2. The molecule has 0 unspecified atom stereocenters. The van der Waals surface area contributed by atoms with Crippen LogP contribution in [0.4, 0.5) is 5.82 Å². The number of fused-ring (bicyclic) bond motifs is 1. The summed E-state index contributed by atoms with van der Waals surface area (Å²) in [5, 5.41) is 3.27. The Labute approximate surface area is 120 Å². The van der Waals surface area contributed by atoms with Gasteiger partial charge in [-0.3, -0.25) is 4.57 Å². The van der Waals surface area contributed by atoms with Crippen molar-refractivity contribution >= 4 is 16.9 Å². The second-order valence-corrected chi connectivity index (χ2v) is 5.06. The van der Waals surface area contributed by atoms with Crippen molar-refractivity contribution in [2.24, 2.45) is 0 Å². The molecule has 1 aliphatic heterocycles. The first-order valence-electron chi connectivity index (χ1n) is 6.82. The van der Waals surface area contributed by atoms with E-state index in [1.54, 1.807) is 10.8 Å². The molecule has 0 saturated carbocycles. The van der Waals surface area contributed by atoms with Gasteiger partial charge in [-0.25, -0.2) is 9.78 Å². The number of H-pyrrole nitrogens is 1. The molecule has 1 aromatic carbocycles. The number of pyridine rings is 1. The van der Waals surface area contributed by atoms with Crippen LogP contribution in [0.25, 0.3) is 16.7 Å². The van der Waals surface area contributed by atoms with Gasteiger partial charge in [0.15, 0.2) is 0 Å². The third-order valence-electron chi connectivity index (χ3n) is 3.59. The standard InChI is InChI=1S/C15H14N4O2/c20-15-18-12-3-1-2-4-13(12)19(15)11-5-6-14(16-7-11)17-10-8-21-9-10/h1-7,10H,8-9H2,(H,16,17)(H,18,20). The first kappa shape index (κ1) is 12.2. The summed E-state index contributed by atoms with van der Waals surface area (Å²) < 4.78 is 6.74. The second kappa shape index (κ2) is 4.75. The largest absolute Gasteiger partial charge is 0.377 e. The highest BCUT2D eigenvalue weighted by Crippen LogP contribution is 2.16.